The van der Waals surface area contributed by atoms with Crippen LogP contribution in [-0.2, 0) is 0 Å². The Morgan fingerprint density at radius 3 is 2.67 bits per heavy atom. The third-order valence-electron chi connectivity index (χ3n) is 1.99. The number of hydrogen-bond acceptors (Lipinski definition) is 3. The molecule has 0 aliphatic heterocycles. The third-order valence-corrected chi connectivity index (χ3v) is 1.99. The molecule has 2 aromatic rings. The van der Waals surface area contributed by atoms with Crippen LogP contribution in [0.25, 0.3) is 11.3 Å². The average Bonchev–Trinajstić information content (AvgIpc) is 2.67. The number of aromatic hydroxyl groups is 1. The van der Waals surface area contributed by atoms with E-state index in [0.29, 0.717) is 11.3 Å². The van der Waals surface area contributed by atoms with Gasteiger partial charge in [-0.2, -0.15) is 5.10 Å². The molecular formula is C10H8N2O3. The second-order valence-electron chi connectivity index (χ2n) is 2.99. The van der Waals surface area contributed by atoms with Crippen molar-refractivity contribution in [2.24, 2.45) is 0 Å². The minimum absolute atomic E-state index is 0.0757. The first-order chi connectivity index (χ1) is 7.18. The van der Waals surface area contributed by atoms with E-state index in [1.807, 2.05) is 0 Å². The highest BCUT2D eigenvalue weighted by atomic mass is 16.4. The topological polar surface area (TPSA) is 86.2 Å². The van der Waals surface area contributed by atoms with Gasteiger partial charge in [-0.05, 0) is 18.2 Å². The predicted octanol–water partition coefficient (Wildman–Crippen LogP) is 1.48. The standard InChI is InChI=1S/C10H8N2O3/c13-9-4-2-1-3-6(9)7-5-8(10(14)15)12-11-7/h1-5,13H,(H,11,12)(H,14,15). The molecule has 0 spiro atoms. The molecule has 15 heavy (non-hydrogen) atoms. The number of carboxylic acids is 1. The second kappa shape index (κ2) is 3.45. The summed E-state index contributed by atoms with van der Waals surface area (Å²) in [6.45, 7) is 0. The maximum absolute atomic E-state index is 10.6. The highest BCUT2D eigenvalue weighted by Gasteiger charge is 2.11. The van der Waals surface area contributed by atoms with Crippen molar-refractivity contribution >= 4 is 5.97 Å². The monoisotopic (exact) mass is 204 g/mol. The maximum atomic E-state index is 10.6. The summed E-state index contributed by atoms with van der Waals surface area (Å²) in [6.07, 6.45) is 0. The Bertz CT molecular complexity index is 505. The Balaban J connectivity index is 2.46. The van der Waals surface area contributed by atoms with E-state index in [1.165, 1.54) is 12.1 Å². The molecule has 1 heterocycles. The number of nitrogens with one attached hydrogen (secondary N) is 1. The molecule has 2 rings (SSSR count). The van der Waals surface area contributed by atoms with Gasteiger partial charge in [0, 0.05) is 5.56 Å². The first-order valence-electron chi connectivity index (χ1n) is 4.25. The molecule has 1 aromatic carbocycles. The average molecular weight is 204 g/mol. The molecule has 76 valence electrons. The van der Waals surface area contributed by atoms with Crippen molar-refractivity contribution in [2.75, 3.05) is 0 Å². The lowest BCUT2D eigenvalue weighted by Crippen LogP contribution is -1.95. The molecule has 0 aliphatic rings. The van der Waals surface area contributed by atoms with E-state index in [0.717, 1.165) is 0 Å². The molecule has 0 amide bonds. The van der Waals surface area contributed by atoms with Gasteiger partial charge in [-0.3, -0.25) is 5.10 Å². The van der Waals surface area contributed by atoms with E-state index in [1.54, 1.807) is 18.2 Å². The van der Waals surface area contributed by atoms with E-state index in [2.05, 4.69) is 10.2 Å². The number of rotatable bonds is 2. The van der Waals surface area contributed by atoms with Crippen molar-refractivity contribution in [1.29, 1.82) is 0 Å². The van der Waals surface area contributed by atoms with Crippen LogP contribution in [0.4, 0.5) is 0 Å². The van der Waals surface area contributed by atoms with Crippen LogP contribution in [0, 0.1) is 0 Å². The van der Waals surface area contributed by atoms with Crippen LogP contribution in [0.3, 0.4) is 0 Å². The number of aromatic amines is 1. The van der Waals surface area contributed by atoms with Crippen LogP contribution in [0.1, 0.15) is 10.5 Å². The number of phenolic OH excluding ortho intramolecular Hbond substituents is 1. The number of hydrogen-bond donors (Lipinski definition) is 3. The largest absolute Gasteiger partial charge is 0.507 e. The molecule has 0 saturated heterocycles. The summed E-state index contributed by atoms with van der Waals surface area (Å²) in [5.74, 6) is -1.02. The Morgan fingerprint density at radius 1 is 1.33 bits per heavy atom. The molecule has 0 radical (unpaired) electrons. The highest BCUT2D eigenvalue weighted by Crippen LogP contribution is 2.26. The summed E-state index contributed by atoms with van der Waals surface area (Å²) in [6, 6.07) is 8.01. The molecule has 3 N–H and O–H groups in total. The fourth-order valence-corrected chi connectivity index (χ4v) is 1.27. The molecule has 0 fully saturated rings. The fourth-order valence-electron chi connectivity index (χ4n) is 1.27. The van der Waals surface area contributed by atoms with Crippen LogP contribution in [0.2, 0.25) is 0 Å². The van der Waals surface area contributed by atoms with Gasteiger partial charge in [-0.25, -0.2) is 4.79 Å². The first-order valence-corrected chi connectivity index (χ1v) is 4.25. The summed E-state index contributed by atoms with van der Waals surface area (Å²) in [7, 11) is 0. The highest BCUT2D eigenvalue weighted by molar-refractivity contribution is 5.87. The van der Waals surface area contributed by atoms with Gasteiger partial charge in [0.15, 0.2) is 5.69 Å². The smallest absolute Gasteiger partial charge is 0.356 e. The predicted molar refractivity (Wildman–Crippen MR) is 52.6 cm³/mol. The SMILES string of the molecule is O=C(O)c1cc(-c2ccccc2O)[nH]n1. The van der Waals surface area contributed by atoms with Crippen molar-refractivity contribution in [3.63, 3.8) is 0 Å². The number of aromatic nitrogens is 2. The van der Waals surface area contributed by atoms with Crippen LogP contribution in [0.15, 0.2) is 30.3 Å². The molecule has 0 unspecified atom stereocenters. The second-order valence-corrected chi connectivity index (χ2v) is 2.99. The van der Waals surface area contributed by atoms with Gasteiger partial charge >= 0.3 is 5.97 Å². The van der Waals surface area contributed by atoms with E-state index < -0.39 is 5.97 Å². The van der Waals surface area contributed by atoms with Gasteiger partial charge in [-0.15, -0.1) is 0 Å². The molecular weight excluding hydrogens is 196 g/mol. The quantitative estimate of drug-likeness (QED) is 0.691. The zero-order valence-corrected chi connectivity index (χ0v) is 7.64. The van der Waals surface area contributed by atoms with Crippen LogP contribution >= 0.6 is 0 Å². The number of H-pyrrole nitrogens is 1. The number of para-hydroxylation sites is 1. The zero-order valence-electron chi connectivity index (χ0n) is 7.64. The molecule has 0 saturated carbocycles. The van der Waals surface area contributed by atoms with Gasteiger partial charge in [-0.1, -0.05) is 12.1 Å². The summed E-state index contributed by atoms with van der Waals surface area (Å²) in [5, 5.41) is 24.3. The zero-order chi connectivity index (χ0) is 10.8. The van der Waals surface area contributed by atoms with E-state index in [-0.39, 0.29) is 11.4 Å². The van der Waals surface area contributed by atoms with E-state index >= 15 is 0 Å². The Morgan fingerprint density at radius 2 is 2.07 bits per heavy atom. The molecule has 0 bridgehead atoms. The van der Waals surface area contributed by atoms with E-state index in [9.17, 15) is 9.90 Å². The van der Waals surface area contributed by atoms with Crippen molar-refractivity contribution < 1.29 is 15.0 Å². The van der Waals surface area contributed by atoms with Gasteiger partial charge in [0.05, 0.1) is 5.69 Å². The third kappa shape index (κ3) is 1.67. The molecule has 5 heteroatoms. The number of benzene rings is 1. The van der Waals surface area contributed by atoms with Gasteiger partial charge < -0.3 is 10.2 Å². The molecule has 5 nitrogen and oxygen atoms in total. The van der Waals surface area contributed by atoms with Crippen molar-refractivity contribution in [2.45, 2.75) is 0 Å². The molecule has 0 atom stereocenters. The molecule has 1 aromatic heterocycles. The lowest BCUT2D eigenvalue weighted by Gasteiger charge is -1.99. The maximum Gasteiger partial charge on any atom is 0.356 e. The van der Waals surface area contributed by atoms with Crippen LogP contribution < -0.4 is 0 Å². The van der Waals surface area contributed by atoms with Gasteiger partial charge in [0.1, 0.15) is 5.75 Å². The minimum atomic E-state index is -1.10. The first kappa shape index (κ1) is 9.26. The van der Waals surface area contributed by atoms with Crippen molar-refractivity contribution in [3.8, 4) is 17.0 Å². The number of phenols is 1. The van der Waals surface area contributed by atoms with Gasteiger partial charge in [0.25, 0.3) is 0 Å². The van der Waals surface area contributed by atoms with E-state index in [4.69, 9.17) is 5.11 Å². The summed E-state index contributed by atoms with van der Waals surface area (Å²) in [5.41, 5.74) is 0.927. The number of carbonyl (C=O) groups is 1. The lowest BCUT2D eigenvalue weighted by atomic mass is 10.1. The van der Waals surface area contributed by atoms with Gasteiger partial charge in [0.2, 0.25) is 0 Å². The Hall–Kier alpha value is -2.30. The summed E-state index contributed by atoms with van der Waals surface area (Å²) in [4.78, 5) is 10.6. The Labute approximate surface area is 85.0 Å². The fraction of sp³-hybridized carbons (Fsp3) is 0. The number of aromatic carboxylic acids is 1. The van der Waals surface area contributed by atoms with Crippen LogP contribution in [0.5, 0.6) is 5.75 Å². The van der Waals surface area contributed by atoms with Crippen LogP contribution in [-0.4, -0.2) is 26.4 Å². The van der Waals surface area contributed by atoms with Crippen molar-refractivity contribution in [1.82, 2.24) is 10.2 Å². The minimum Gasteiger partial charge on any atom is -0.507 e. The normalized spacial score (nSPS) is 10.1. The molecule has 0 aliphatic carbocycles. The lowest BCUT2D eigenvalue weighted by molar-refractivity contribution is 0.0690. The summed E-state index contributed by atoms with van der Waals surface area (Å²) < 4.78 is 0. The Kier molecular flexibility index (Phi) is 2.13. The number of nitrogens with zero attached hydrogens (tertiary/aromatic N) is 1. The number of carboxylic acid groups (broad SMARTS) is 1. The van der Waals surface area contributed by atoms with Crippen molar-refractivity contribution in [3.05, 3.63) is 36.0 Å². The summed E-state index contributed by atoms with van der Waals surface area (Å²) >= 11 is 0.